The van der Waals surface area contributed by atoms with Crippen LogP contribution in [-0.2, 0) is 16.0 Å². The summed E-state index contributed by atoms with van der Waals surface area (Å²) in [6, 6.07) is 13.6. The first-order chi connectivity index (χ1) is 12.7. The Kier molecular flexibility index (Phi) is 4.37. The molecule has 4 aromatic rings. The fourth-order valence-corrected chi connectivity index (χ4v) is 3.28. The van der Waals surface area contributed by atoms with E-state index in [-0.39, 0.29) is 12.4 Å². The molecule has 2 N–H and O–H groups in total. The Balaban J connectivity index is 1.53. The molecule has 4 rings (SSSR count). The number of thiazole rings is 1. The minimum atomic E-state index is -0.251. The van der Waals surface area contributed by atoms with Gasteiger partial charge in [-0.2, -0.15) is 0 Å². The molecule has 0 fully saturated rings. The van der Waals surface area contributed by atoms with Gasteiger partial charge in [0.15, 0.2) is 0 Å². The van der Waals surface area contributed by atoms with E-state index in [0.29, 0.717) is 5.95 Å². The van der Waals surface area contributed by atoms with Gasteiger partial charge >= 0.3 is 5.97 Å². The van der Waals surface area contributed by atoms with Crippen LogP contribution in [-0.4, -0.2) is 28.0 Å². The van der Waals surface area contributed by atoms with E-state index in [0.717, 1.165) is 32.9 Å². The monoisotopic (exact) mass is 364 g/mol. The van der Waals surface area contributed by atoms with Gasteiger partial charge in [-0.3, -0.25) is 4.79 Å². The van der Waals surface area contributed by atoms with Crippen LogP contribution in [0.4, 0.5) is 11.6 Å². The zero-order valence-electron chi connectivity index (χ0n) is 14.0. The fraction of sp³-hybridized carbons (Fsp3) is 0.105. The first-order valence-electron chi connectivity index (χ1n) is 8.04. The number of H-pyrrole nitrogens is 1. The highest BCUT2D eigenvalue weighted by molar-refractivity contribution is 7.13. The smallest absolute Gasteiger partial charge is 0.309 e. The van der Waals surface area contributed by atoms with E-state index in [1.165, 1.54) is 7.11 Å². The van der Waals surface area contributed by atoms with E-state index < -0.39 is 0 Å². The molecular formula is C19H16N4O2S. The molecule has 0 spiro atoms. The largest absolute Gasteiger partial charge is 0.469 e. The highest BCUT2D eigenvalue weighted by Gasteiger charge is 2.07. The molecule has 0 aliphatic heterocycles. The maximum atomic E-state index is 11.3. The number of hydrogen-bond donors (Lipinski definition) is 2. The summed E-state index contributed by atoms with van der Waals surface area (Å²) in [6.45, 7) is 0. The molecule has 7 heteroatoms. The Labute approximate surface area is 153 Å². The zero-order valence-corrected chi connectivity index (χ0v) is 14.8. The number of carbonyl (C=O) groups excluding carboxylic acids is 1. The molecule has 0 saturated heterocycles. The normalized spacial score (nSPS) is 10.8. The van der Waals surface area contributed by atoms with Crippen molar-refractivity contribution in [3.8, 4) is 10.6 Å². The molecule has 26 heavy (non-hydrogen) atoms. The van der Waals surface area contributed by atoms with Gasteiger partial charge in [0.2, 0.25) is 5.95 Å². The van der Waals surface area contributed by atoms with E-state index in [4.69, 9.17) is 0 Å². The van der Waals surface area contributed by atoms with Gasteiger partial charge in [-0.15, -0.1) is 11.3 Å². The summed E-state index contributed by atoms with van der Waals surface area (Å²) < 4.78 is 4.68. The topological polar surface area (TPSA) is 79.9 Å². The van der Waals surface area contributed by atoms with Crippen LogP contribution in [0.15, 0.2) is 54.0 Å². The molecule has 0 aliphatic carbocycles. The second-order valence-electron chi connectivity index (χ2n) is 5.73. The Morgan fingerprint density at radius 3 is 2.81 bits per heavy atom. The van der Waals surface area contributed by atoms with Crippen molar-refractivity contribution >= 4 is 40.0 Å². The van der Waals surface area contributed by atoms with Crippen molar-refractivity contribution in [2.24, 2.45) is 0 Å². The van der Waals surface area contributed by atoms with E-state index in [1.807, 2.05) is 47.8 Å². The van der Waals surface area contributed by atoms with Crippen molar-refractivity contribution in [2.45, 2.75) is 6.42 Å². The number of rotatable bonds is 5. The number of benzene rings is 2. The van der Waals surface area contributed by atoms with Gasteiger partial charge in [-0.05, 0) is 35.9 Å². The second-order valence-corrected chi connectivity index (χ2v) is 6.62. The molecule has 0 bridgehead atoms. The molecule has 0 aliphatic rings. The molecule has 0 amide bonds. The minimum absolute atomic E-state index is 0.251. The van der Waals surface area contributed by atoms with Crippen molar-refractivity contribution in [1.29, 1.82) is 0 Å². The minimum Gasteiger partial charge on any atom is -0.469 e. The summed E-state index contributed by atoms with van der Waals surface area (Å²) in [5, 5.41) is 6.19. The number of imidazole rings is 1. The van der Waals surface area contributed by atoms with Gasteiger partial charge < -0.3 is 15.0 Å². The summed E-state index contributed by atoms with van der Waals surface area (Å²) in [5.74, 6) is 0.413. The SMILES string of the molecule is COC(=O)Cc1ccc(Nc2nc3ccc(-c4nccs4)cc3[nH]2)cc1. The van der Waals surface area contributed by atoms with Crippen molar-refractivity contribution in [2.75, 3.05) is 12.4 Å². The van der Waals surface area contributed by atoms with E-state index in [9.17, 15) is 4.79 Å². The summed E-state index contributed by atoms with van der Waals surface area (Å²) in [7, 11) is 1.39. The molecule has 0 saturated carbocycles. The Morgan fingerprint density at radius 2 is 2.08 bits per heavy atom. The summed E-state index contributed by atoms with van der Waals surface area (Å²) in [5.41, 5.74) is 4.69. The molecule has 130 valence electrons. The number of hydrogen-bond acceptors (Lipinski definition) is 6. The van der Waals surface area contributed by atoms with Crippen molar-refractivity contribution in [3.05, 3.63) is 59.6 Å². The van der Waals surface area contributed by atoms with Gasteiger partial charge in [0, 0.05) is 22.8 Å². The maximum Gasteiger partial charge on any atom is 0.309 e. The predicted molar refractivity (Wildman–Crippen MR) is 103 cm³/mol. The van der Waals surface area contributed by atoms with Gasteiger partial charge in [0.1, 0.15) is 5.01 Å². The molecule has 2 aromatic heterocycles. The first kappa shape index (κ1) is 16.3. The summed E-state index contributed by atoms with van der Waals surface area (Å²) in [6.07, 6.45) is 2.06. The number of aromatic amines is 1. The van der Waals surface area contributed by atoms with Crippen LogP contribution in [0.1, 0.15) is 5.56 Å². The van der Waals surface area contributed by atoms with E-state index >= 15 is 0 Å². The number of fused-ring (bicyclic) bond motifs is 1. The van der Waals surface area contributed by atoms with Crippen LogP contribution in [0, 0.1) is 0 Å². The maximum absolute atomic E-state index is 11.3. The number of carbonyl (C=O) groups is 1. The molecule has 0 radical (unpaired) electrons. The van der Waals surface area contributed by atoms with Gasteiger partial charge in [-0.1, -0.05) is 12.1 Å². The van der Waals surface area contributed by atoms with Crippen molar-refractivity contribution < 1.29 is 9.53 Å². The quantitative estimate of drug-likeness (QED) is 0.520. The summed E-state index contributed by atoms with van der Waals surface area (Å²) in [4.78, 5) is 23.5. The average molecular weight is 364 g/mol. The van der Waals surface area contributed by atoms with E-state index in [1.54, 1.807) is 17.5 Å². The third kappa shape index (κ3) is 3.43. The van der Waals surface area contributed by atoms with Crippen LogP contribution in [0.25, 0.3) is 21.6 Å². The Bertz CT molecular complexity index is 1040. The lowest BCUT2D eigenvalue weighted by Crippen LogP contribution is -2.04. The molecule has 2 heterocycles. The Hall–Kier alpha value is -3.19. The Morgan fingerprint density at radius 1 is 1.23 bits per heavy atom. The van der Waals surface area contributed by atoms with Crippen molar-refractivity contribution in [3.63, 3.8) is 0 Å². The van der Waals surface area contributed by atoms with Crippen LogP contribution in [0.3, 0.4) is 0 Å². The number of ether oxygens (including phenoxy) is 1. The predicted octanol–water partition coefficient (Wildman–Crippen LogP) is 4.15. The first-order valence-corrected chi connectivity index (χ1v) is 8.91. The lowest BCUT2D eigenvalue weighted by Gasteiger charge is -2.04. The number of esters is 1. The molecule has 2 aromatic carbocycles. The number of methoxy groups -OCH3 is 1. The number of nitrogens with one attached hydrogen (secondary N) is 2. The highest BCUT2D eigenvalue weighted by atomic mass is 32.1. The van der Waals surface area contributed by atoms with Crippen molar-refractivity contribution in [1.82, 2.24) is 15.0 Å². The van der Waals surface area contributed by atoms with E-state index in [2.05, 4.69) is 25.0 Å². The standard InChI is InChI=1S/C19H16N4O2S/c1-25-17(24)10-12-2-5-14(6-3-12)21-19-22-15-7-4-13(11-16(15)23-19)18-20-8-9-26-18/h2-9,11H,10H2,1H3,(H2,21,22,23). The number of nitrogens with zero attached hydrogens (tertiary/aromatic N) is 2. The van der Waals surface area contributed by atoms with Crippen LogP contribution in [0.5, 0.6) is 0 Å². The average Bonchev–Trinajstić information content (AvgIpc) is 3.31. The molecular weight excluding hydrogens is 348 g/mol. The second kappa shape index (κ2) is 6.97. The molecule has 0 atom stereocenters. The van der Waals surface area contributed by atoms with Crippen LogP contribution in [0.2, 0.25) is 0 Å². The van der Waals surface area contributed by atoms with Crippen LogP contribution < -0.4 is 5.32 Å². The number of anilines is 2. The number of aromatic nitrogens is 3. The van der Waals surface area contributed by atoms with Gasteiger partial charge in [-0.25, -0.2) is 9.97 Å². The lowest BCUT2D eigenvalue weighted by atomic mass is 10.1. The zero-order chi connectivity index (χ0) is 17.9. The highest BCUT2D eigenvalue weighted by Crippen LogP contribution is 2.26. The lowest BCUT2D eigenvalue weighted by molar-refractivity contribution is -0.139. The molecule has 6 nitrogen and oxygen atoms in total. The third-order valence-electron chi connectivity index (χ3n) is 3.95. The molecule has 0 unspecified atom stereocenters. The van der Waals surface area contributed by atoms with Gasteiger partial charge in [0.25, 0.3) is 0 Å². The fourth-order valence-electron chi connectivity index (χ4n) is 2.65. The van der Waals surface area contributed by atoms with Gasteiger partial charge in [0.05, 0.1) is 24.6 Å². The summed E-state index contributed by atoms with van der Waals surface area (Å²) >= 11 is 1.61. The van der Waals surface area contributed by atoms with Crippen LogP contribution >= 0.6 is 11.3 Å². The third-order valence-corrected chi connectivity index (χ3v) is 4.78.